The Morgan fingerprint density at radius 1 is 1.36 bits per heavy atom. The summed E-state index contributed by atoms with van der Waals surface area (Å²) in [6.07, 6.45) is 3.33. The number of ether oxygens (including phenoxy) is 1. The summed E-state index contributed by atoms with van der Waals surface area (Å²) in [5.74, 6) is 0.0435. The largest absolute Gasteiger partial charge is 0.380 e. The summed E-state index contributed by atoms with van der Waals surface area (Å²) in [5.41, 5.74) is 0. The zero-order valence-corrected chi connectivity index (χ0v) is 14.1. The van der Waals surface area contributed by atoms with E-state index in [9.17, 15) is 13.2 Å². The zero-order valence-electron chi connectivity index (χ0n) is 12.4. The summed E-state index contributed by atoms with van der Waals surface area (Å²) in [5, 5.41) is 1.43. The topological polar surface area (TPSA) is 63.7 Å². The summed E-state index contributed by atoms with van der Waals surface area (Å²) < 4.78 is 32.5. The van der Waals surface area contributed by atoms with Gasteiger partial charge in [0.2, 0.25) is 10.0 Å². The van der Waals surface area contributed by atoms with Gasteiger partial charge in [-0.05, 0) is 37.1 Å². The Morgan fingerprint density at radius 3 is 2.91 bits per heavy atom. The lowest BCUT2D eigenvalue weighted by atomic mass is 10.1. The normalized spacial score (nSPS) is 27.1. The molecule has 3 heterocycles. The first-order valence-electron chi connectivity index (χ1n) is 7.74. The maximum Gasteiger partial charge on any atom is 0.219 e. The smallest absolute Gasteiger partial charge is 0.219 e. The molecule has 0 unspecified atom stereocenters. The average Bonchev–Trinajstić information content (AvgIpc) is 3.19. The van der Waals surface area contributed by atoms with Crippen LogP contribution in [0.5, 0.6) is 0 Å². The summed E-state index contributed by atoms with van der Waals surface area (Å²) in [6.45, 7) is 1.46. The van der Waals surface area contributed by atoms with Crippen LogP contribution in [0.4, 0.5) is 0 Å². The van der Waals surface area contributed by atoms with E-state index in [4.69, 9.17) is 4.74 Å². The van der Waals surface area contributed by atoms with Gasteiger partial charge in [0.25, 0.3) is 0 Å². The van der Waals surface area contributed by atoms with Gasteiger partial charge in [-0.25, -0.2) is 8.42 Å². The van der Waals surface area contributed by atoms with Crippen molar-refractivity contribution in [3.05, 3.63) is 22.4 Å². The van der Waals surface area contributed by atoms with Crippen LogP contribution in [0.3, 0.4) is 0 Å². The molecule has 0 aliphatic carbocycles. The highest BCUT2D eigenvalue weighted by Gasteiger charge is 2.40. The molecule has 22 heavy (non-hydrogen) atoms. The summed E-state index contributed by atoms with van der Waals surface area (Å²) in [7, 11) is -3.37. The van der Waals surface area contributed by atoms with E-state index in [1.54, 1.807) is 10.4 Å². The number of nitrogens with zero attached hydrogens (tertiary/aromatic N) is 1. The Kier molecular flexibility index (Phi) is 4.97. The molecule has 0 amide bonds. The van der Waals surface area contributed by atoms with Crippen molar-refractivity contribution in [2.24, 2.45) is 0 Å². The maximum absolute atomic E-state index is 12.8. The Morgan fingerprint density at radius 2 is 2.23 bits per heavy atom. The minimum Gasteiger partial charge on any atom is -0.380 e. The van der Waals surface area contributed by atoms with Gasteiger partial charge in [0, 0.05) is 25.6 Å². The maximum atomic E-state index is 12.8. The van der Waals surface area contributed by atoms with Crippen molar-refractivity contribution < 1.29 is 17.9 Å². The van der Waals surface area contributed by atoms with E-state index < -0.39 is 15.3 Å². The molecular formula is C15H21NO4S2. The SMILES string of the molecule is O=C(C[C@H]1CCCN1S(=O)(=O)[C@@H]1CCCOC1)c1cccs1. The fourth-order valence-electron chi connectivity index (χ4n) is 3.24. The average molecular weight is 343 g/mol. The van der Waals surface area contributed by atoms with E-state index in [0.717, 1.165) is 19.3 Å². The number of rotatable bonds is 5. The fourth-order valence-corrected chi connectivity index (χ4v) is 6.01. The van der Waals surface area contributed by atoms with Crippen LogP contribution < -0.4 is 0 Å². The molecule has 0 spiro atoms. The second-order valence-electron chi connectivity index (χ2n) is 5.90. The monoisotopic (exact) mass is 343 g/mol. The number of carbonyl (C=O) groups excluding carboxylic acids is 1. The third-order valence-electron chi connectivity index (χ3n) is 4.41. The van der Waals surface area contributed by atoms with E-state index in [1.807, 2.05) is 11.4 Å². The van der Waals surface area contributed by atoms with Gasteiger partial charge in [0.1, 0.15) is 0 Å². The van der Waals surface area contributed by atoms with Gasteiger partial charge in [0.15, 0.2) is 5.78 Å². The first kappa shape index (κ1) is 16.1. The number of carbonyl (C=O) groups is 1. The van der Waals surface area contributed by atoms with Gasteiger partial charge in [0.05, 0.1) is 16.7 Å². The van der Waals surface area contributed by atoms with Crippen molar-refractivity contribution in [1.82, 2.24) is 4.31 Å². The molecule has 1 aromatic heterocycles. The number of hydrogen-bond acceptors (Lipinski definition) is 5. The highest BCUT2D eigenvalue weighted by molar-refractivity contribution is 7.89. The highest BCUT2D eigenvalue weighted by Crippen LogP contribution is 2.29. The molecule has 5 nitrogen and oxygen atoms in total. The molecule has 122 valence electrons. The van der Waals surface area contributed by atoms with Crippen molar-refractivity contribution >= 4 is 27.1 Å². The Labute approximate surface area is 135 Å². The van der Waals surface area contributed by atoms with Gasteiger partial charge in [-0.1, -0.05) is 6.07 Å². The van der Waals surface area contributed by atoms with Crippen LogP contribution >= 0.6 is 11.3 Å². The molecule has 0 radical (unpaired) electrons. The summed E-state index contributed by atoms with van der Waals surface area (Å²) in [4.78, 5) is 13.0. The van der Waals surface area contributed by atoms with Crippen molar-refractivity contribution in [2.45, 2.75) is 43.4 Å². The first-order chi connectivity index (χ1) is 10.6. The number of hydrogen-bond donors (Lipinski definition) is 0. The Hall–Kier alpha value is -0.760. The van der Waals surface area contributed by atoms with Crippen LogP contribution in [-0.2, 0) is 14.8 Å². The predicted molar refractivity (Wildman–Crippen MR) is 85.8 cm³/mol. The molecule has 2 atom stereocenters. The lowest BCUT2D eigenvalue weighted by molar-refractivity contribution is 0.0948. The number of Topliss-reactive ketones (excluding diaryl/α,β-unsaturated/α-hetero) is 1. The molecule has 2 saturated heterocycles. The van der Waals surface area contributed by atoms with Crippen molar-refractivity contribution in [3.63, 3.8) is 0 Å². The Balaban J connectivity index is 1.71. The van der Waals surface area contributed by atoms with Crippen molar-refractivity contribution in [2.75, 3.05) is 19.8 Å². The van der Waals surface area contributed by atoms with E-state index in [1.165, 1.54) is 11.3 Å². The predicted octanol–water partition coefficient (Wildman–Crippen LogP) is 2.29. The van der Waals surface area contributed by atoms with Crippen LogP contribution in [-0.4, -0.2) is 49.6 Å². The molecule has 0 bridgehead atoms. The number of sulfonamides is 1. The molecule has 0 N–H and O–H groups in total. The second kappa shape index (κ2) is 6.78. The van der Waals surface area contributed by atoms with E-state index in [2.05, 4.69) is 0 Å². The quantitative estimate of drug-likeness (QED) is 0.770. The van der Waals surface area contributed by atoms with Gasteiger partial charge in [-0.2, -0.15) is 4.31 Å². The van der Waals surface area contributed by atoms with Crippen molar-refractivity contribution in [1.29, 1.82) is 0 Å². The summed E-state index contributed by atoms with van der Waals surface area (Å²) in [6, 6.07) is 3.46. The number of ketones is 1. The van der Waals surface area contributed by atoms with Crippen molar-refractivity contribution in [3.8, 4) is 0 Å². The highest BCUT2D eigenvalue weighted by atomic mass is 32.2. The third kappa shape index (κ3) is 3.27. The number of thiophene rings is 1. The second-order valence-corrected chi connectivity index (χ2v) is 9.01. The minimum atomic E-state index is -3.37. The third-order valence-corrected chi connectivity index (χ3v) is 7.67. The van der Waals surface area contributed by atoms with Crippen LogP contribution in [0.1, 0.15) is 41.8 Å². The van der Waals surface area contributed by atoms with Gasteiger partial charge in [-0.3, -0.25) is 4.79 Å². The molecule has 0 aromatic carbocycles. The molecule has 1 aromatic rings. The summed E-state index contributed by atoms with van der Waals surface area (Å²) >= 11 is 1.41. The first-order valence-corrected chi connectivity index (χ1v) is 10.1. The minimum absolute atomic E-state index is 0.0435. The van der Waals surface area contributed by atoms with E-state index in [-0.39, 0.29) is 24.9 Å². The van der Waals surface area contributed by atoms with Crippen LogP contribution in [0, 0.1) is 0 Å². The van der Waals surface area contributed by atoms with Crippen LogP contribution in [0.15, 0.2) is 17.5 Å². The Bertz CT molecular complexity index is 605. The van der Waals surface area contributed by atoms with E-state index >= 15 is 0 Å². The van der Waals surface area contributed by atoms with Crippen LogP contribution in [0.2, 0.25) is 0 Å². The van der Waals surface area contributed by atoms with Gasteiger partial charge >= 0.3 is 0 Å². The molecule has 2 aliphatic heterocycles. The molecule has 3 rings (SSSR count). The lowest BCUT2D eigenvalue weighted by Crippen LogP contribution is -2.45. The van der Waals surface area contributed by atoms with Crippen LogP contribution in [0.25, 0.3) is 0 Å². The molecule has 7 heteroatoms. The van der Waals surface area contributed by atoms with Gasteiger partial charge in [-0.15, -0.1) is 11.3 Å². The molecule has 0 saturated carbocycles. The van der Waals surface area contributed by atoms with E-state index in [0.29, 0.717) is 24.4 Å². The molecular weight excluding hydrogens is 322 g/mol. The fraction of sp³-hybridized carbons (Fsp3) is 0.667. The molecule has 2 aliphatic rings. The lowest BCUT2D eigenvalue weighted by Gasteiger charge is -2.30. The molecule has 2 fully saturated rings. The zero-order chi connectivity index (χ0) is 15.6. The standard InChI is InChI=1S/C15H21NO4S2/c17-14(15-6-3-9-21-15)10-12-4-1-7-16(12)22(18,19)13-5-2-8-20-11-13/h3,6,9,12-13H,1-2,4-5,7-8,10-11H2/t12-,13-/m1/s1. The van der Waals surface area contributed by atoms with Gasteiger partial charge < -0.3 is 4.74 Å².